The van der Waals surface area contributed by atoms with Crippen molar-refractivity contribution in [3.05, 3.63) is 54.2 Å². The smallest absolute Gasteiger partial charge is 0.128 e. The highest BCUT2D eigenvalue weighted by atomic mass is 16.5. The van der Waals surface area contributed by atoms with Crippen LogP contribution < -0.4 is 15.1 Å². The highest BCUT2D eigenvalue weighted by Gasteiger charge is 2.18. The number of anilines is 2. The zero-order valence-electron chi connectivity index (χ0n) is 18.1. The molecule has 3 rings (SSSR count). The summed E-state index contributed by atoms with van der Waals surface area (Å²) in [6.07, 6.45) is 1.97. The van der Waals surface area contributed by atoms with Crippen molar-refractivity contribution in [2.45, 2.75) is 19.5 Å². The van der Waals surface area contributed by atoms with E-state index in [0.29, 0.717) is 12.6 Å². The number of likely N-dealkylation sites (N-methyl/N-ethyl adjacent to an activating group) is 1. The lowest BCUT2D eigenvalue weighted by Gasteiger charge is -2.37. The van der Waals surface area contributed by atoms with Crippen LogP contribution in [0.2, 0.25) is 0 Å². The number of aromatic nitrogens is 1. The Labute approximate surface area is 175 Å². The lowest BCUT2D eigenvalue weighted by atomic mass is 10.2. The molecule has 2 aromatic rings. The van der Waals surface area contributed by atoms with E-state index < -0.39 is 0 Å². The molecule has 29 heavy (non-hydrogen) atoms. The van der Waals surface area contributed by atoms with E-state index in [2.05, 4.69) is 74.4 Å². The lowest BCUT2D eigenvalue weighted by molar-refractivity contribution is 0.206. The summed E-state index contributed by atoms with van der Waals surface area (Å²) in [6, 6.07) is 15.4. The van der Waals surface area contributed by atoms with E-state index in [1.54, 1.807) is 7.11 Å². The number of benzene rings is 1. The van der Waals surface area contributed by atoms with Crippen molar-refractivity contribution in [1.29, 1.82) is 0 Å². The van der Waals surface area contributed by atoms with Crippen LogP contribution in [0.3, 0.4) is 0 Å². The van der Waals surface area contributed by atoms with Gasteiger partial charge in [-0.2, -0.15) is 0 Å². The van der Waals surface area contributed by atoms with Crippen molar-refractivity contribution in [3.63, 3.8) is 0 Å². The van der Waals surface area contributed by atoms with Gasteiger partial charge in [0.25, 0.3) is 0 Å². The molecule has 1 aliphatic rings. The van der Waals surface area contributed by atoms with Crippen LogP contribution in [-0.2, 0) is 11.3 Å². The number of hydrogen-bond acceptors (Lipinski definition) is 6. The molecule has 1 aliphatic heterocycles. The van der Waals surface area contributed by atoms with Gasteiger partial charge in [0.05, 0.1) is 6.61 Å². The lowest BCUT2D eigenvalue weighted by Crippen LogP contribution is -2.50. The van der Waals surface area contributed by atoms with E-state index in [0.717, 1.165) is 51.6 Å². The molecule has 0 radical (unpaired) electrons. The van der Waals surface area contributed by atoms with Crippen molar-refractivity contribution in [1.82, 2.24) is 15.2 Å². The predicted molar refractivity (Wildman–Crippen MR) is 121 cm³/mol. The Hall–Kier alpha value is -2.15. The van der Waals surface area contributed by atoms with E-state index in [-0.39, 0.29) is 0 Å². The zero-order chi connectivity index (χ0) is 20.5. The second-order valence-electron chi connectivity index (χ2n) is 7.84. The van der Waals surface area contributed by atoms with Crippen LogP contribution in [0.1, 0.15) is 12.5 Å². The number of methoxy groups -OCH3 is 1. The molecule has 1 aromatic carbocycles. The predicted octanol–water partition coefficient (Wildman–Crippen LogP) is 2.46. The van der Waals surface area contributed by atoms with Crippen LogP contribution in [0.15, 0.2) is 48.7 Å². The van der Waals surface area contributed by atoms with Crippen LogP contribution in [0.5, 0.6) is 0 Å². The first-order valence-corrected chi connectivity index (χ1v) is 10.6. The fraction of sp³-hybridized carbons (Fsp3) is 0.522. The van der Waals surface area contributed by atoms with Crippen molar-refractivity contribution in [3.8, 4) is 0 Å². The van der Waals surface area contributed by atoms with Gasteiger partial charge in [-0.15, -0.1) is 0 Å². The topological polar surface area (TPSA) is 43.9 Å². The van der Waals surface area contributed by atoms with Crippen molar-refractivity contribution >= 4 is 11.5 Å². The summed E-state index contributed by atoms with van der Waals surface area (Å²) in [7, 11) is 3.76. The van der Waals surface area contributed by atoms with Crippen LogP contribution in [-0.4, -0.2) is 76.0 Å². The molecule has 0 amide bonds. The average Bonchev–Trinajstić information content (AvgIpc) is 2.77. The molecule has 0 bridgehead atoms. The Morgan fingerprint density at radius 1 is 1.10 bits per heavy atom. The number of para-hydroxylation sites is 1. The van der Waals surface area contributed by atoms with Crippen molar-refractivity contribution in [2.75, 3.05) is 69.8 Å². The van der Waals surface area contributed by atoms with Gasteiger partial charge in [0.15, 0.2) is 0 Å². The Morgan fingerprint density at radius 3 is 2.52 bits per heavy atom. The molecule has 6 heteroatoms. The van der Waals surface area contributed by atoms with Gasteiger partial charge < -0.3 is 19.9 Å². The van der Waals surface area contributed by atoms with Gasteiger partial charge in [0.1, 0.15) is 5.82 Å². The second-order valence-corrected chi connectivity index (χ2v) is 7.84. The molecule has 0 unspecified atom stereocenters. The molecule has 1 aromatic heterocycles. The van der Waals surface area contributed by atoms with E-state index >= 15 is 0 Å². The number of nitrogens with one attached hydrogen (secondary N) is 1. The second kappa shape index (κ2) is 11.1. The number of nitrogens with zero attached hydrogens (tertiary/aromatic N) is 4. The number of pyridine rings is 1. The van der Waals surface area contributed by atoms with Crippen LogP contribution in [0.4, 0.5) is 11.5 Å². The highest BCUT2D eigenvalue weighted by molar-refractivity contribution is 5.46. The Kier molecular flexibility index (Phi) is 8.28. The number of rotatable bonds is 10. The minimum absolute atomic E-state index is 0.447. The monoisotopic (exact) mass is 397 g/mol. The number of ether oxygens (including phenoxy) is 1. The highest BCUT2D eigenvalue weighted by Crippen LogP contribution is 2.15. The molecule has 0 saturated carbocycles. The van der Waals surface area contributed by atoms with E-state index in [9.17, 15) is 0 Å². The standard InChI is InChI=1S/C23H35N5O/c1-20(19-27-11-13-28(14-12-27)22-7-5-4-6-8-22)24-17-21-9-10-23(25-18-21)26(2)15-16-29-3/h4-10,18,20,24H,11-17,19H2,1-3H3/t20-/m1/s1. The summed E-state index contributed by atoms with van der Waals surface area (Å²) < 4.78 is 5.13. The summed E-state index contributed by atoms with van der Waals surface area (Å²) in [5.74, 6) is 0.982. The fourth-order valence-electron chi connectivity index (χ4n) is 3.66. The van der Waals surface area contributed by atoms with E-state index in [4.69, 9.17) is 4.74 Å². The maximum atomic E-state index is 5.13. The molecule has 1 N–H and O–H groups in total. The first-order chi connectivity index (χ1) is 14.2. The van der Waals surface area contributed by atoms with Crippen LogP contribution >= 0.6 is 0 Å². The SMILES string of the molecule is COCCN(C)c1ccc(CN[C@H](C)CN2CCN(c3ccccc3)CC2)cn1. The van der Waals surface area contributed by atoms with Crippen LogP contribution in [0, 0.1) is 0 Å². The summed E-state index contributed by atoms with van der Waals surface area (Å²) in [5, 5.41) is 3.64. The summed E-state index contributed by atoms with van der Waals surface area (Å²) >= 11 is 0. The van der Waals surface area contributed by atoms with Gasteiger partial charge in [-0.25, -0.2) is 4.98 Å². The van der Waals surface area contributed by atoms with Gasteiger partial charge in [0, 0.05) is 77.9 Å². The third-order valence-corrected chi connectivity index (χ3v) is 5.51. The normalized spacial score (nSPS) is 16.0. The third-order valence-electron chi connectivity index (χ3n) is 5.51. The van der Waals surface area contributed by atoms with Gasteiger partial charge in [-0.05, 0) is 30.7 Å². The Morgan fingerprint density at radius 2 is 1.86 bits per heavy atom. The van der Waals surface area contributed by atoms with Gasteiger partial charge in [-0.1, -0.05) is 24.3 Å². The third kappa shape index (κ3) is 6.70. The Bertz CT molecular complexity index is 701. The molecule has 1 saturated heterocycles. The molecule has 6 nitrogen and oxygen atoms in total. The minimum Gasteiger partial charge on any atom is -0.383 e. The van der Waals surface area contributed by atoms with Gasteiger partial charge >= 0.3 is 0 Å². The summed E-state index contributed by atoms with van der Waals surface area (Å²) in [6.45, 7) is 10.2. The van der Waals surface area contributed by atoms with Gasteiger partial charge in [0.2, 0.25) is 0 Å². The maximum absolute atomic E-state index is 5.13. The number of piperazine rings is 1. The van der Waals surface area contributed by atoms with E-state index in [1.807, 2.05) is 13.2 Å². The summed E-state index contributed by atoms with van der Waals surface area (Å²) in [4.78, 5) is 11.7. The maximum Gasteiger partial charge on any atom is 0.128 e. The zero-order valence-corrected chi connectivity index (χ0v) is 18.1. The molecule has 2 heterocycles. The molecular weight excluding hydrogens is 362 g/mol. The summed E-state index contributed by atoms with van der Waals surface area (Å²) in [5.41, 5.74) is 2.55. The minimum atomic E-state index is 0.447. The first kappa shape index (κ1) is 21.6. The Balaban J connectivity index is 1.37. The molecule has 158 valence electrons. The molecule has 0 spiro atoms. The fourth-order valence-corrected chi connectivity index (χ4v) is 3.66. The van der Waals surface area contributed by atoms with E-state index in [1.165, 1.54) is 11.3 Å². The van der Waals surface area contributed by atoms with Gasteiger partial charge in [-0.3, -0.25) is 4.90 Å². The average molecular weight is 398 g/mol. The van der Waals surface area contributed by atoms with Crippen LogP contribution in [0.25, 0.3) is 0 Å². The number of hydrogen-bond donors (Lipinski definition) is 1. The molecular formula is C23H35N5O. The first-order valence-electron chi connectivity index (χ1n) is 10.6. The quantitative estimate of drug-likeness (QED) is 0.664. The van der Waals surface area contributed by atoms with Crippen molar-refractivity contribution in [2.24, 2.45) is 0 Å². The molecule has 1 fully saturated rings. The largest absolute Gasteiger partial charge is 0.383 e. The van der Waals surface area contributed by atoms with Crippen molar-refractivity contribution < 1.29 is 4.74 Å². The molecule has 0 aliphatic carbocycles. The molecule has 1 atom stereocenters.